The molecule has 10 heteroatoms. The highest BCUT2D eigenvalue weighted by molar-refractivity contribution is 5.94. The Kier molecular flexibility index (Phi) is 10.6. The summed E-state index contributed by atoms with van der Waals surface area (Å²) in [6.45, 7) is 2.14. The van der Waals surface area contributed by atoms with E-state index in [2.05, 4.69) is 0 Å². The fourth-order valence-electron chi connectivity index (χ4n) is 3.57. The molecule has 34 heavy (non-hydrogen) atoms. The number of aliphatic carboxylic acids is 1. The Morgan fingerprint density at radius 3 is 1.91 bits per heavy atom. The van der Waals surface area contributed by atoms with Crippen LogP contribution in [0.25, 0.3) is 21.8 Å². The van der Waals surface area contributed by atoms with Crippen molar-refractivity contribution in [1.29, 1.82) is 0 Å². The number of nitrogens with two attached hydrogens (primary N) is 1. The summed E-state index contributed by atoms with van der Waals surface area (Å²) in [5, 5.41) is 59.5. The van der Waals surface area contributed by atoms with Crippen molar-refractivity contribution < 1.29 is 40.8 Å². The smallest absolute Gasteiger partial charge is 0.197 e. The third kappa shape index (κ3) is 6.83. The predicted octanol–water partition coefficient (Wildman–Crippen LogP) is -2.70. The number of hydrogen-bond acceptors (Lipinski definition) is 8. The minimum Gasteiger partial charge on any atom is -0.548 e. The predicted molar refractivity (Wildman–Crippen MR) is 124 cm³/mol. The van der Waals surface area contributed by atoms with Crippen molar-refractivity contribution in [2.45, 2.75) is 44.3 Å². The summed E-state index contributed by atoms with van der Waals surface area (Å²) in [6.07, 6.45) is -4.57. The van der Waals surface area contributed by atoms with Gasteiger partial charge in [0.05, 0.1) is 36.7 Å². The normalized spacial score (nSPS) is 14.8. The van der Waals surface area contributed by atoms with Gasteiger partial charge in [0.15, 0.2) is 5.43 Å². The van der Waals surface area contributed by atoms with Crippen LogP contribution in [0.1, 0.15) is 13.3 Å². The zero-order valence-electron chi connectivity index (χ0n) is 18.9. The van der Waals surface area contributed by atoms with E-state index >= 15 is 0 Å². The number of benzene rings is 2. The zero-order chi connectivity index (χ0) is 25.3. The Hall–Kier alpha value is -2.86. The van der Waals surface area contributed by atoms with Gasteiger partial charge in [0, 0.05) is 10.8 Å². The second-order valence-corrected chi connectivity index (χ2v) is 7.93. The van der Waals surface area contributed by atoms with E-state index in [9.17, 15) is 30.0 Å². The molecule has 0 aliphatic carbocycles. The molecule has 0 aliphatic rings. The first-order chi connectivity index (χ1) is 16.2. The molecule has 186 valence electrons. The van der Waals surface area contributed by atoms with Crippen molar-refractivity contribution in [1.82, 2.24) is 4.57 Å². The molecule has 0 aliphatic heterocycles. The first-order valence-corrected chi connectivity index (χ1v) is 11.1. The van der Waals surface area contributed by atoms with Crippen LogP contribution in [0.5, 0.6) is 0 Å². The molecular weight excluding hydrogens is 444 g/mol. The van der Waals surface area contributed by atoms with Crippen LogP contribution in [-0.2, 0) is 11.3 Å². The molecule has 4 atom stereocenters. The molecule has 0 bridgehead atoms. The minimum atomic E-state index is -1.53. The first-order valence-electron chi connectivity index (χ1n) is 11.1. The summed E-state index contributed by atoms with van der Waals surface area (Å²) in [5.74, 6) is -1.18. The lowest BCUT2D eigenvalue weighted by Gasteiger charge is -2.24. The lowest BCUT2D eigenvalue weighted by atomic mass is 10.0. The summed E-state index contributed by atoms with van der Waals surface area (Å²) in [6, 6.07) is 14.0. The number of para-hydroxylation sites is 2. The maximum atomic E-state index is 12.3. The Morgan fingerprint density at radius 1 is 0.941 bits per heavy atom. The molecule has 7 N–H and O–H groups in total. The maximum absolute atomic E-state index is 12.3. The maximum Gasteiger partial charge on any atom is 0.197 e. The van der Waals surface area contributed by atoms with Gasteiger partial charge in [0.25, 0.3) is 0 Å². The van der Waals surface area contributed by atoms with Crippen molar-refractivity contribution in [3.8, 4) is 0 Å². The standard InChI is InChI=1S/C15H11NO3.C9H21NO5/c17-14(18)9-16-12-7-3-1-5-10(12)15(19)11-6-2-4-8-13(11)16;1-2-3-10-4-6(12)8(14)9(15)7(13)5-11/h1-8H,9H2,(H,17,18);6-15H,2-5H2,1H3/t;6-,7+,8+,9-/m.0/s1. The van der Waals surface area contributed by atoms with Crippen LogP contribution in [-0.4, -0.2) is 80.2 Å². The number of fused-ring (bicyclic) bond motifs is 2. The summed E-state index contributed by atoms with van der Waals surface area (Å²) in [4.78, 5) is 23.3. The van der Waals surface area contributed by atoms with E-state index < -0.39 is 37.0 Å². The average molecular weight is 477 g/mol. The number of carboxylic acid groups (broad SMARTS) is 1. The Morgan fingerprint density at radius 2 is 1.44 bits per heavy atom. The molecule has 0 fully saturated rings. The van der Waals surface area contributed by atoms with Crippen molar-refractivity contribution in [3.05, 3.63) is 58.8 Å². The van der Waals surface area contributed by atoms with Crippen molar-refractivity contribution in [2.24, 2.45) is 0 Å². The van der Waals surface area contributed by atoms with Gasteiger partial charge in [-0.05, 0) is 30.7 Å². The SMILES string of the molecule is CCC[NH2+]C[C@H](O)[C@@H](O)[C@@H](O)[C@H](O)CO.O=C([O-])Cn1c2ccccc2c(=O)c2ccccc21. The van der Waals surface area contributed by atoms with Gasteiger partial charge in [0.1, 0.15) is 31.0 Å². The molecule has 1 aromatic heterocycles. The molecule has 3 aromatic rings. The summed E-state index contributed by atoms with van der Waals surface area (Å²) >= 11 is 0. The van der Waals surface area contributed by atoms with Gasteiger partial charge in [0.2, 0.25) is 0 Å². The number of carbonyl (C=O) groups is 1. The molecule has 3 rings (SSSR count). The fourth-order valence-corrected chi connectivity index (χ4v) is 3.57. The Balaban J connectivity index is 0.000000249. The second kappa shape index (κ2) is 13.1. The van der Waals surface area contributed by atoms with Gasteiger partial charge in [-0.1, -0.05) is 31.2 Å². The lowest BCUT2D eigenvalue weighted by molar-refractivity contribution is -0.662. The zero-order valence-corrected chi connectivity index (χ0v) is 18.9. The molecule has 0 amide bonds. The van der Waals surface area contributed by atoms with Gasteiger partial charge >= 0.3 is 0 Å². The topological polar surface area (TPSA) is 180 Å². The van der Waals surface area contributed by atoms with Crippen molar-refractivity contribution in [3.63, 3.8) is 0 Å². The van der Waals surface area contributed by atoms with E-state index in [1.54, 1.807) is 53.1 Å². The Bertz CT molecular complexity index is 1070. The summed E-state index contributed by atoms with van der Waals surface area (Å²) in [5.41, 5.74) is 1.13. The average Bonchev–Trinajstić information content (AvgIpc) is 2.85. The van der Waals surface area contributed by atoms with Crippen LogP contribution in [0.15, 0.2) is 53.3 Å². The van der Waals surface area contributed by atoms with E-state index in [-0.39, 0.29) is 18.5 Å². The molecule has 0 saturated heterocycles. The summed E-state index contributed by atoms with van der Waals surface area (Å²) < 4.78 is 1.60. The molecule has 0 unspecified atom stereocenters. The van der Waals surface area contributed by atoms with Crippen LogP contribution in [0.2, 0.25) is 0 Å². The highest BCUT2D eigenvalue weighted by Crippen LogP contribution is 2.18. The number of hydrogen-bond donors (Lipinski definition) is 6. The number of quaternary nitrogens is 1. The number of pyridine rings is 1. The lowest BCUT2D eigenvalue weighted by Crippen LogP contribution is -2.87. The van der Waals surface area contributed by atoms with Crippen LogP contribution >= 0.6 is 0 Å². The second-order valence-electron chi connectivity index (χ2n) is 7.93. The van der Waals surface area contributed by atoms with E-state index in [0.29, 0.717) is 21.8 Å². The third-order valence-electron chi connectivity index (χ3n) is 5.39. The van der Waals surface area contributed by atoms with Gasteiger partial charge in [-0.25, -0.2) is 0 Å². The first kappa shape index (κ1) is 27.4. The minimum absolute atomic E-state index is 0.0826. The van der Waals surface area contributed by atoms with E-state index in [4.69, 9.17) is 10.2 Å². The molecule has 0 radical (unpaired) electrons. The number of rotatable bonds is 10. The third-order valence-corrected chi connectivity index (χ3v) is 5.39. The molecule has 0 spiro atoms. The molecule has 0 saturated carbocycles. The van der Waals surface area contributed by atoms with Gasteiger partial charge in [-0.3, -0.25) is 4.79 Å². The number of aliphatic hydroxyl groups excluding tert-OH is 5. The highest BCUT2D eigenvalue weighted by Gasteiger charge is 2.30. The van der Waals surface area contributed by atoms with Crippen LogP contribution in [0, 0.1) is 0 Å². The van der Waals surface area contributed by atoms with Crippen LogP contribution < -0.4 is 15.9 Å². The number of carbonyl (C=O) groups excluding carboxylic acids is 1. The summed E-state index contributed by atoms with van der Waals surface area (Å²) in [7, 11) is 0. The van der Waals surface area contributed by atoms with E-state index in [1.807, 2.05) is 12.2 Å². The molecule has 1 heterocycles. The van der Waals surface area contributed by atoms with E-state index in [1.165, 1.54) is 0 Å². The molecule has 10 nitrogen and oxygen atoms in total. The van der Waals surface area contributed by atoms with Gasteiger partial charge in [-0.15, -0.1) is 0 Å². The van der Waals surface area contributed by atoms with Crippen molar-refractivity contribution in [2.75, 3.05) is 19.7 Å². The van der Waals surface area contributed by atoms with Crippen LogP contribution in [0.4, 0.5) is 0 Å². The van der Waals surface area contributed by atoms with Crippen LogP contribution in [0.3, 0.4) is 0 Å². The highest BCUT2D eigenvalue weighted by atomic mass is 16.4. The quantitative estimate of drug-likeness (QED) is 0.135. The molecular formula is C24H32N2O8. The monoisotopic (exact) mass is 476 g/mol. The van der Waals surface area contributed by atoms with Crippen molar-refractivity contribution >= 4 is 27.8 Å². The number of aromatic nitrogens is 1. The van der Waals surface area contributed by atoms with Gasteiger partial charge < -0.3 is 45.3 Å². The van der Waals surface area contributed by atoms with E-state index in [0.717, 1.165) is 13.0 Å². The number of carboxylic acids is 1. The molecule has 2 aromatic carbocycles. The largest absolute Gasteiger partial charge is 0.548 e. The Labute approximate surface area is 196 Å². The fraction of sp³-hybridized carbons (Fsp3) is 0.417. The van der Waals surface area contributed by atoms with Gasteiger partial charge in [-0.2, -0.15) is 0 Å². The number of nitrogens with zero attached hydrogens (tertiary/aromatic N) is 1. The number of aliphatic hydroxyl groups is 5.